The molecule has 1 aromatic heterocycles. The third-order valence-corrected chi connectivity index (χ3v) is 4.52. The molecule has 0 amide bonds. The van der Waals surface area contributed by atoms with Crippen LogP contribution >= 0.6 is 0 Å². The van der Waals surface area contributed by atoms with E-state index in [0.717, 1.165) is 25.5 Å². The van der Waals surface area contributed by atoms with Gasteiger partial charge in [0, 0.05) is 37.1 Å². The van der Waals surface area contributed by atoms with Crippen molar-refractivity contribution in [1.82, 2.24) is 20.2 Å². The number of nitrogens with one attached hydrogen (secondary N) is 1. The summed E-state index contributed by atoms with van der Waals surface area (Å²) in [5.41, 5.74) is 0.264. The van der Waals surface area contributed by atoms with E-state index in [-0.39, 0.29) is 5.54 Å². The van der Waals surface area contributed by atoms with Gasteiger partial charge in [-0.05, 0) is 25.3 Å². The van der Waals surface area contributed by atoms with Crippen molar-refractivity contribution in [3.8, 4) is 0 Å². The molecule has 19 heavy (non-hydrogen) atoms. The minimum absolute atomic E-state index is 0.264. The van der Waals surface area contributed by atoms with Gasteiger partial charge in [0.25, 0.3) is 0 Å². The molecule has 0 spiro atoms. The first kappa shape index (κ1) is 14.4. The highest BCUT2D eigenvalue weighted by Gasteiger charge is 2.36. The second-order valence-corrected chi connectivity index (χ2v) is 5.50. The smallest absolute Gasteiger partial charge is 0.142 e. The zero-order valence-corrected chi connectivity index (χ0v) is 12.4. The maximum absolute atomic E-state index is 4.37. The quantitative estimate of drug-likeness (QED) is 0.883. The van der Waals surface area contributed by atoms with Crippen LogP contribution < -0.4 is 5.32 Å². The molecule has 2 heterocycles. The van der Waals surface area contributed by atoms with E-state index in [2.05, 4.69) is 41.0 Å². The van der Waals surface area contributed by atoms with Gasteiger partial charge in [0.15, 0.2) is 0 Å². The molecule has 1 aliphatic rings. The van der Waals surface area contributed by atoms with Gasteiger partial charge in [-0.1, -0.05) is 20.8 Å². The first-order valence-electron chi connectivity index (χ1n) is 7.48. The molecule has 0 saturated carbocycles. The normalized spacial score (nSPS) is 23.4. The van der Waals surface area contributed by atoms with Crippen LogP contribution in [0.1, 0.15) is 45.9 Å². The number of hydrogen-bond acceptors (Lipinski definition) is 4. The Morgan fingerprint density at radius 1 is 1.26 bits per heavy atom. The fourth-order valence-electron chi connectivity index (χ4n) is 2.94. The van der Waals surface area contributed by atoms with E-state index < -0.39 is 0 Å². The predicted molar refractivity (Wildman–Crippen MR) is 77.8 cm³/mol. The van der Waals surface area contributed by atoms with Crippen molar-refractivity contribution in [2.45, 2.75) is 58.2 Å². The number of aromatic nitrogens is 2. The van der Waals surface area contributed by atoms with E-state index in [0.29, 0.717) is 6.04 Å². The van der Waals surface area contributed by atoms with Crippen molar-refractivity contribution >= 4 is 0 Å². The number of rotatable bonds is 5. The third-order valence-electron chi connectivity index (χ3n) is 4.52. The Morgan fingerprint density at radius 2 is 1.95 bits per heavy atom. The Hall–Kier alpha value is -1.00. The van der Waals surface area contributed by atoms with E-state index in [1.807, 2.05) is 18.5 Å². The summed E-state index contributed by atoms with van der Waals surface area (Å²) < 4.78 is 0. The van der Waals surface area contributed by atoms with Crippen LogP contribution in [0.2, 0.25) is 0 Å². The molecule has 1 aliphatic heterocycles. The third kappa shape index (κ3) is 3.31. The number of nitrogens with zero attached hydrogens (tertiary/aromatic N) is 3. The summed E-state index contributed by atoms with van der Waals surface area (Å²) in [5.74, 6) is 0.934. The lowest BCUT2D eigenvalue weighted by Crippen LogP contribution is -2.63. The molecule has 1 unspecified atom stereocenters. The maximum atomic E-state index is 4.37. The molecule has 0 aliphatic carbocycles. The first-order valence-corrected chi connectivity index (χ1v) is 7.48. The second-order valence-electron chi connectivity index (χ2n) is 5.50. The lowest BCUT2D eigenvalue weighted by molar-refractivity contribution is 0.0622. The SMILES string of the molecule is CCC1CNC(CC)(CC)CN1Cc1ncccn1. The lowest BCUT2D eigenvalue weighted by atomic mass is 9.88. The van der Waals surface area contributed by atoms with Gasteiger partial charge in [-0.3, -0.25) is 4.90 Å². The lowest BCUT2D eigenvalue weighted by Gasteiger charge is -2.47. The Morgan fingerprint density at radius 3 is 2.53 bits per heavy atom. The Labute approximate surface area is 116 Å². The summed E-state index contributed by atoms with van der Waals surface area (Å²) in [7, 11) is 0. The molecule has 1 fully saturated rings. The van der Waals surface area contributed by atoms with E-state index in [9.17, 15) is 0 Å². The Balaban J connectivity index is 2.10. The van der Waals surface area contributed by atoms with Crippen LogP contribution in [0.25, 0.3) is 0 Å². The van der Waals surface area contributed by atoms with Gasteiger partial charge < -0.3 is 5.32 Å². The van der Waals surface area contributed by atoms with E-state index in [4.69, 9.17) is 0 Å². The monoisotopic (exact) mass is 262 g/mol. The van der Waals surface area contributed by atoms with Crippen LogP contribution in [0.3, 0.4) is 0 Å². The largest absolute Gasteiger partial charge is 0.308 e. The molecule has 4 nitrogen and oxygen atoms in total. The van der Waals surface area contributed by atoms with Crippen molar-refractivity contribution in [3.05, 3.63) is 24.3 Å². The average Bonchev–Trinajstić information content (AvgIpc) is 2.48. The molecule has 1 aromatic rings. The summed E-state index contributed by atoms with van der Waals surface area (Å²) in [6.45, 7) is 9.85. The van der Waals surface area contributed by atoms with E-state index >= 15 is 0 Å². The van der Waals surface area contributed by atoms with Crippen LogP contribution in [-0.4, -0.2) is 39.5 Å². The average molecular weight is 262 g/mol. The molecule has 4 heteroatoms. The predicted octanol–water partition coefficient (Wildman–Crippen LogP) is 2.22. The van der Waals surface area contributed by atoms with E-state index in [1.165, 1.54) is 19.3 Å². The molecule has 0 aromatic carbocycles. The highest BCUT2D eigenvalue weighted by atomic mass is 15.3. The molecule has 2 rings (SSSR count). The Kier molecular flexibility index (Phi) is 4.88. The molecule has 0 radical (unpaired) electrons. The first-order chi connectivity index (χ1) is 9.23. The zero-order chi connectivity index (χ0) is 13.7. The summed E-state index contributed by atoms with van der Waals surface area (Å²) in [6, 6.07) is 2.47. The highest BCUT2D eigenvalue weighted by molar-refractivity contribution is 4.98. The minimum Gasteiger partial charge on any atom is -0.308 e. The number of piperazine rings is 1. The molecule has 0 bridgehead atoms. The Bertz CT molecular complexity index is 375. The summed E-state index contributed by atoms with van der Waals surface area (Å²) in [6.07, 6.45) is 7.18. The van der Waals surface area contributed by atoms with Crippen LogP contribution in [0, 0.1) is 0 Å². The molecule has 106 valence electrons. The highest BCUT2D eigenvalue weighted by Crippen LogP contribution is 2.24. The molecular weight excluding hydrogens is 236 g/mol. The van der Waals surface area contributed by atoms with Crippen LogP contribution in [0.4, 0.5) is 0 Å². The standard InChI is InChI=1S/C15H26N4/c1-4-13-10-18-15(5-2,6-3)12-19(13)11-14-16-8-7-9-17-14/h7-9,13,18H,4-6,10-12H2,1-3H3. The maximum Gasteiger partial charge on any atom is 0.142 e. The minimum atomic E-state index is 0.264. The zero-order valence-electron chi connectivity index (χ0n) is 12.4. The molecular formula is C15H26N4. The topological polar surface area (TPSA) is 41.0 Å². The van der Waals surface area contributed by atoms with Crippen molar-refractivity contribution < 1.29 is 0 Å². The van der Waals surface area contributed by atoms with Crippen molar-refractivity contribution in [2.24, 2.45) is 0 Å². The van der Waals surface area contributed by atoms with Gasteiger partial charge in [-0.15, -0.1) is 0 Å². The molecule has 1 atom stereocenters. The van der Waals surface area contributed by atoms with Crippen LogP contribution in [-0.2, 0) is 6.54 Å². The summed E-state index contributed by atoms with van der Waals surface area (Å²) >= 11 is 0. The van der Waals surface area contributed by atoms with Gasteiger partial charge in [-0.25, -0.2) is 9.97 Å². The van der Waals surface area contributed by atoms with E-state index in [1.54, 1.807) is 0 Å². The van der Waals surface area contributed by atoms with Gasteiger partial charge in [-0.2, -0.15) is 0 Å². The summed E-state index contributed by atoms with van der Waals surface area (Å²) in [4.78, 5) is 11.3. The summed E-state index contributed by atoms with van der Waals surface area (Å²) in [5, 5.41) is 3.77. The van der Waals surface area contributed by atoms with Crippen molar-refractivity contribution in [1.29, 1.82) is 0 Å². The van der Waals surface area contributed by atoms with Crippen LogP contribution in [0.15, 0.2) is 18.5 Å². The fraction of sp³-hybridized carbons (Fsp3) is 0.733. The van der Waals surface area contributed by atoms with Gasteiger partial charge in [0.05, 0.1) is 6.54 Å². The molecule has 1 N–H and O–H groups in total. The second kappa shape index (κ2) is 6.44. The van der Waals surface area contributed by atoms with Gasteiger partial charge in [0.1, 0.15) is 5.82 Å². The van der Waals surface area contributed by atoms with Crippen molar-refractivity contribution in [3.63, 3.8) is 0 Å². The van der Waals surface area contributed by atoms with Crippen molar-refractivity contribution in [2.75, 3.05) is 13.1 Å². The molecule has 1 saturated heterocycles. The van der Waals surface area contributed by atoms with Gasteiger partial charge in [0.2, 0.25) is 0 Å². The fourth-order valence-corrected chi connectivity index (χ4v) is 2.94. The van der Waals surface area contributed by atoms with Crippen LogP contribution in [0.5, 0.6) is 0 Å². The van der Waals surface area contributed by atoms with Gasteiger partial charge >= 0.3 is 0 Å². The number of hydrogen-bond donors (Lipinski definition) is 1.